The average Bonchev–Trinajstić information content (AvgIpc) is 2.88. The monoisotopic (exact) mass is 287 g/mol. The number of benzene rings is 1. The first-order valence-electron chi connectivity index (χ1n) is 6.36. The number of aromatic nitrogens is 3. The van der Waals surface area contributed by atoms with Crippen LogP contribution in [-0.2, 0) is 6.54 Å². The Bertz CT molecular complexity index is 677. The minimum Gasteiger partial charge on any atom is -0.493 e. The van der Waals surface area contributed by atoms with Gasteiger partial charge in [-0.25, -0.2) is 4.68 Å². The second-order valence-electron chi connectivity index (χ2n) is 4.63. The minimum atomic E-state index is 0.281. The van der Waals surface area contributed by atoms with Crippen molar-refractivity contribution < 1.29 is 14.3 Å². The molecule has 1 aromatic heterocycles. The highest BCUT2D eigenvalue weighted by atomic mass is 16.5. The first kappa shape index (κ1) is 14.8. The zero-order valence-corrected chi connectivity index (χ0v) is 12.3. The zero-order valence-electron chi connectivity index (χ0n) is 12.3. The van der Waals surface area contributed by atoms with Crippen LogP contribution in [0.4, 0.5) is 0 Å². The summed E-state index contributed by atoms with van der Waals surface area (Å²) >= 11 is 0. The van der Waals surface area contributed by atoms with Gasteiger partial charge in [0.1, 0.15) is 0 Å². The molecule has 0 amide bonds. The smallest absolute Gasteiger partial charge is 0.172 e. The van der Waals surface area contributed by atoms with E-state index in [1.165, 1.54) is 0 Å². The van der Waals surface area contributed by atoms with Crippen LogP contribution in [0.2, 0.25) is 0 Å². The van der Waals surface area contributed by atoms with E-state index < -0.39 is 0 Å². The van der Waals surface area contributed by atoms with Crippen LogP contribution >= 0.6 is 0 Å². The molecule has 0 N–H and O–H groups in total. The Balaban J connectivity index is 2.57. The quantitative estimate of drug-likeness (QED) is 0.602. The van der Waals surface area contributed by atoms with Crippen LogP contribution in [0.5, 0.6) is 11.5 Å². The standard InChI is InChI=1S/C15H17N3O3/c1-10(2)8-18-15(12(9-19)16-17-18)11-5-6-13(20-3)14(7-11)21-4/h5-7,9H,1,8H2,2-4H3. The summed E-state index contributed by atoms with van der Waals surface area (Å²) in [6.45, 7) is 6.24. The van der Waals surface area contributed by atoms with E-state index in [0.29, 0.717) is 30.0 Å². The molecule has 0 fully saturated rings. The van der Waals surface area contributed by atoms with Crippen molar-refractivity contribution in [2.24, 2.45) is 0 Å². The lowest BCUT2D eigenvalue weighted by Gasteiger charge is -2.11. The van der Waals surface area contributed by atoms with Crippen LogP contribution in [0.15, 0.2) is 30.4 Å². The maximum atomic E-state index is 11.2. The van der Waals surface area contributed by atoms with Crippen LogP contribution in [-0.4, -0.2) is 35.5 Å². The summed E-state index contributed by atoms with van der Waals surface area (Å²) in [6, 6.07) is 5.41. The first-order chi connectivity index (χ1) is 10.1. The van der Waals surface area contributed by atoms with E-state index in [2.05, 4.69) is 16.9 Å². The predicted molar refractivity (Wildman–Crippen MR) is 78.8 cm³/mol. The van der Waals surface area contributed by atoms with Crippen LogP contribution in [0, 0.1) is 0 Å². The summed E-state index contributed by atoms with van der Waals surface area (Å²) in [6.07, 6.45) is 0.688. The van der Waals surface area contributed by atoms with Crippen LogP contribution in [0.25, 0.3) is 11.3 Å². The lowest BCUT2D eigenvalue weighted by atomic mass is 10.1. The second-order valence-corrected chi connectivity index (χ2v) is 4.63. The highest BCUT2D eigenvalue weighted by Crippen LogP contribution is 2.33. The molecule has 0 atom stereocenters. The molecule has 0 radical (unpaired) electrons. The molecule has 6 nitrogen and oxygen atoms in total. The molecular weight excluding hydrogens is 270 g/mol. The summed E-state index contributed by atoms with van der Waals surface area (Å²) in [4.78, 5) is 11.2. The molecule has 1 heterocycles. The Hall–Kier alpha value is -2.63. The Morgan fingerprint density at radius 2 is 2.05 bits per heavy atom. The molecule has 0 bridgehead atoms. The molecule has 0 aliphatic rings. The highest BCUT2D eigenvalue weighted by molar-refractivity contribution is 5.83. The SMILES string of the molecule is C=C(C)Cn1nnc(C=O)c1-c1ccc(OC)c(OC)c1. The van der Waals surface area contributed by atoms with Gasteiger partial charge in [-0.3, -0.25) is 4.79 Å². The third kappa shape index (κ3) is 2.94. The van der Waals surface area contributed by atoms with Crippen molar-refractivity contribution in [3.05, 3.63) is 36.0 Å². The van der Waals surface area contributed by atoms with Gasteiger partial charge in [-0.1, -0.05) is 17.4 Å². The van der Waals surface area contributed by atoms with Crippen molar-refractivity contribution in [3.8, 4) is 22.8 Å². The van der Waals surface area contributed by atoms with Gasteiger partial charge < -0.3 is 9.47 Å². The third-order valence-electron chi connectivity index (χ3n) is 2.95. The molecule has 1 aromatic carbocycles. The van der Waals surface area contributed by atoms with Gasteiger partial charge in [0.25, 0.3) is 0 Å². The number of allylic oxidation sites excluding steroid dienone is 1. The van der Waals surface area contributed by atoms with Gasteiger partial charge in [-0.15, -0.1) is 5.10 Å². The summed E-state index contributed by atoms with van der Waals surface area (Å²) in [5.41, 5.74) is 2.61. The number of methoxy groups -OCH3 is 2. The van der Waals surface area contributed by atoms with Crippen molar-refractivity contribution >= 4 is 6.29 Å². The van der Waals surface area contributed by atoms with Crippen LogP contribution < -0.4 is 9.47 Å². The molecule has 0 saturated heterocycles. The van der Waals surface area contributed by atoms with Crippen molar-refractivity contribution in [3.63, 3.8) is 0 Å². The van der Waals surface area contributed by atoms with Crippen molar-refractivity contribution in [2.75, 3.05) is 14.2 Å². The Kier molecular flexibility index (Phi) is 4.37. The van der Waals surface area contributed by atoms with Crippen LogP contribution in [0.3, 0.4) is 0 Å². The summed E-state index contributed by atoms with van der Waals surface area (Å²) < 4.78 is 12.1. The minimum absolute atomic E-state index is 0.281. The lowest BCUT2D eigenvalue weighted by Crippen LogP contribution is -2.04. The van der Waals surface area contributed by atoms with Crippen molar-refractivity contribution in [1.29, 1.82) is 0 Å². The summed E-state index contributed by atoms with van der Waals surface area (Å²) in [7, 11) is 3.13. The van der Waals surface area contributed by atoms with Gasteiger partial charge >= 0.3 is 0 Å². The fraction of sp³-hybridized carbons (Fsp3) is 0.267. The Labute approximate surface area is 123 Å². The van der Waals surface area contributed by atoms with E-state index in [1.54, 1.807) is 31.0 Å². The van der Waals surface area contributed by atoms with Crippen molar-refractivity contribution in [1.82, 2.24) is 15.0 Å². The zero-order chi connectivity index (χ0) is 15.4. The molecule has 21 heavy (non-hydrogen) atoms. The molecule has 0 saturated carbocycles. The maximum Gasteiger partial charge on any atom is 0.172 e. The molecule has 0 spiro atoms. The predicted octanol–water partition coefficient (Wildman–Crippen LogP) is 2.35. The molecule has 6 heteroatoms. The van der Waals surface area contributed by atoms with Gasteiger partial charge in [-0.2, -0.15) is 0 Å². The summed E-state index contributed by atoms with van der Waals surface area (Å²) in [5, 5.41) is 7.90. The van der Waals surface area contributed by atoms with E-state index in [9.17, 15) is 4.79 Å². The normalized spacial score (nSPS) is 10.2. The van der Waals surface area contributed by atoms with Gasteiger partial charge in [0, 0.05) is 5.56 Å². The van der Waals surface area contributed by atoms with Gasteiger partial charge in [0.15, 0.2) is 23.5 Å². The van der Waals surface area contributed by atoms with Gasteiger partial charge in [0.05, 0.1) is 26.5 Å². The van der Waals surface area contributed by atoms with Crippen LogP contribution in [0.1, 0.15) is 17.4 Å². The molecular formula is C15H17N3O3. The third-order valence-corrected chi connectivity index (χ3v) is 2.95. The first-order valence-corrected chi connectivity index (χ1v) is 6.36. The average molecular weight is 287 g/mol. The number of nitrogens with zero attached hydrogens (tertiary/aromatic N) is 3. The molecule has 2 rings (SSSR count). The molecule has 2 aromatic rings. The number of aldehydes is 1. The van der Waals surface area contributed by atoms with E-state index >= 15 is 0 Å². The topological polar surface area (TPSA) is 66.2 Å². The number of ether oxygens (including phenoxy) is 2. The molecule has 0 unspecified atom stereocenters. The summed E-state index contributed by atoms with van der Waals surface area (Å²) in [5.74, 6) is 1.20. The fourth-order valence-electron chi connectivity index (χ4n) is 2.05. The second kappa shape index (κ2) is 6.21. The highest BCUT2D eigenvalue weighted by Gasteiger charge is 2.16. The number of hydrogen-bond donors (Lipinski definition) is 0. The number of carbonyl (C=O) groups is 1. The maximum absolute atomic E-state index is 11.2. The van der Waals surface area contributed by atoms with Gasteiger partial charge in [0.2, 0.25) is 0 Å². The molecule has 0 aliphatic heterocycles. The van der Waals surface area contributed by atoms with Gasteiger partial charge in [-0.05, 0) is 25.1 Å². The molecule has 110 valence electrons. The number of rotatable bonds is 6. The van der Waals surface area contributed by atoms with E-state index in [1.807, 2.05) is 13.0 Å². The Morgan fingerprint density at radius 3 is 2.62 bits per heavy atom. The number of hydrogen-bond acceptors (Lipinski definition) is 5. The number of carbonyl (C=O) groups excluding carboxylic acids is 1. The Morgan fingerprint density at radius 1 is 1.33 bits per heavy atom. The van der Waals surface area contributed by atoms with E-state index in [0.717, 1.165) is 11.1 Å². The largest absolute Gasteiger partial charge is 0.493 e. The fourth-order valence-corrected chi connectivity index (χ4v) is 2.05. The van der Waals surface area contributed by atoms with Crippen molar-refractivity contribution in [2.45, 2.75) is 13.5 Å². The lowest BCUT2D eigenvalue weighted by molar-refractivity contribution is 0.111. The van der Waals surface area contributed by atoms with E-state index in [4.69, 9.17) is 9.47 Å². The van der Waals surface area contributed by atoms with E-state index in [-0.39, 0.29) is 5.69 Å². The molecule has 0 aliphatic carbocycles.